The number of halogens is 1. The van der Waals surface area contributed by atoms with E-state index in [-0.39, 0.29) is 18.2 Å². The van der Waals surface area contributed by atoms with Gasteiger partial charge in [0.15, 0.2) is 5.13 Å². The molecule has 4 aromatic carbocycles. The Hall–Kier alpha value is -4.00. The van der Waals surface area contributed by atoms with E-state index in [0.29, 0.717) is 15.7 Å². The first-order valence-corrected chi connectivity index (χ1v) is 13.5. The van der Waals surface area contributed by atoms with E-state index in [1.165, 1.54) is 11.3 Å². The normalized spacial score (nSPS) is 11.8. The van der Waals surface area contributed by atoms with E-state index in [1.54, 1.807) is 29.2 Å². The number of amides is 2. The van der Waals surface area contributed by atoms with Gasteiger partial charge in [-0.2, -0.15) is 0 Å². The summed E-state index contributed by atoms with van der Waals surface area (Å²) in [5.41, 5.74) is 4.86. The number of hydrogen-bond donors (Lipinski definition) is 1. The molecule has 0 saturated carbocycles. The molecular formula is C31H26ClN3O2S. The van der Waals surface area contributed by atoms with Gasteiger partial charge < -0.3 is 5.32 Å². The Kier molecular flexibility index (Phi) is 7.54. The first-order chi connectivity index (χ1) is 18.4. The third-order valence-electron chi connectivity index (χ3n) is 6.19. The number of carbonyl (C=O) groups is 2. The minimum Gasteiger partial charge on any atom is -0.345 e. The summed E-state index contributed by atoms with van der Waals surface area (Å²) < 4.78 is 0.997. The summed E-state index contributed by atoms with van der Waals surface area (Å²) in [6.45, 7) is 4.02. The van der Waals surface area contributed by atoms with Crippen molar-refractivity contribution in [3.05, 3.63) is 124 Å². The summed E-state index contributed by atoms with van der Waals surface area (Å²) in [5.74, 6) is -0.516. The number of para-hydroxylation sites is 1. The highest BCUT2D eigenvalue weighted by Crippen LogP contribution is 2.36. The lowest BCUT2D eigenvalue weighted by atomic mass is 10.0. The first-order valence-electron chi connectivity index (χ1n) is 12.3. The molecule has 5 nitrogen and oxygen atoms in total. The molecule has 5 aromatic rings. The number of carbonyl (C=O) groups excluding carboxylic acids is 2. The third kappa shape index (κ3) is 5.62. The molecule has 0 aliphatic carbocycles. The van der Waals surface area contributed by atoms with Crippen molar-refractivity contribution < 1.29 is 9.59 Å². The average Bonchev–Trinajstić information content (AvgIpc) is 3.32. The van der Waals surface area contributed by atoms with Gasteiger partial charge in [0.25, 0.3) is 5.91 Å². The number of aryl methyl sites for hydroxylation is 2. The SMILES string of the molecule is Cc1cc(C)cc(N(C(=O)C[C@@H](NC(=O)c2ccccc2Cl)c2ccccc2)c2nc3ccccc3s2)c1. The fourth-order valence-electron chi connectivity index (χ4n) is 4.48. The van der Waals surface area contributed by atoms with Crippen LogP contribution in [-0.4, -0.2) is 16.8 Å². The highest BCUT2D eigenvalue weighted by Gasteiger charge is 2.27. The van der Waals surface area contributed by atoms with Crippen molar-refractivity contribution in [2.75, 3.05) is 4.90 Å². The Labute approximate surface area is 230 Å². The van der Waals surface area contributed by atoms with E-state index < -0.39 is 6.04 Å². The van der Waals surface area contributed by atoms with E-state index in [0.717, 1.165) is 32.6 Å². The van der Waals surface area contributed by atoms with Crippen molar-refractivity contribution in [2.24, 2.45) is 0 Å². The van der Waals surface area contributed by atoms with Crippen LogP contribution in [0.25, 0.3) is 10.2 Å². The third-order valence-corrected chi connectivity index (χ3v) is 7.54. The number of benzene rings is 4. The van der Waals surface area contributed by atoms with Crippen molar-refractivity contribution in [3.8, 4) is 0 Å². The molecule has 0 radical (unpaired) electrons. The van der Waals surface area contributed by atoms with Crippen molar-refractivity contribution in [1.29, 1.82) is 0 Å². The van der Waals surface area contributed by atoms with Crippen LogP contribution in [0.15, 0.2) is 97.1 Å². The molecule has 190 valence electrons. The van der Waals surface area contributed by atoms with Gasteiger partial charge in [0.05, 0.1) is 39.0 Å². The van der Waals surface area contributed by atoms with E-state index in [9.17, 15) is 9.59 Å². The number of hydrogen-bond acceptors (Lipinski definition) is 4. The second-order valence-corrected chi connectivity index (χ2v) is 10.6. The molecule has 0 fully saturated rings. The topological polar surface area (TPSA) is 62.3 Å². The number of rotatable bonds is 7. The largest absolute Gasteiger partial charge is 0.345 e. The predicted octanol–water partition coefficient (Wildman–Crippen LogP) is 7.79. The van der Waals surface area contributed by atoms with Crippen LogP contribution in [0.5, 0.6) is 0 Å². The summed E-state index contributed by atoms with van der Waals surface area (Å²) >= 11 is 7.76. The highest BCUT2D eigenvalue weighted by molar-refractivity contribution is 7.22. The molecule has 0 aliphatic rings. The average molecular weight is 540 g/mol. The van der Waals surface area contributed by atoms with E-state index in [1.807, 2.05) is 80.6 Å². The lowest BCUT2D eigenvalue weighted by molar-refractivity contribution is -0.118. The highest BCUT2D eigenvalue weighted by atomic mass is 35.5. The van der Waals surface area contributed by atoms with Gasteiger partial charge in [0.2, 0.25) is 5.91 Å². The van der Waals surface area contributed by atoms with Gasteiger partial charge in [0, 0.05) is 0 Å². The van der Waals surface area contributed by atoms with Crippen LogP contribution in [0.4, 0.5) is 10.8 Å². The Balaban J connectivity index is 1.53. The van der Waals surface area contributed by atoms with Crippen LogP contribution < -0.4 is 10.2 Å². The van der Waals surface area contributed by atoms with Gasteiger partial charge >= 0.3 is 0 Å². The molecule has 7 heteroatoms. The molecular weight excluding hydrogens is 514 g/mol. The molecule has 0 unspecified atom stereocenters. The molecule has 0 bridgehead atoms. The molecule has 1 heterocycles. The molecule has 1 aromatic heterocycles. The zero-order valence-electron chi connectivity index (χ0n) is 21.0. The molecule has 2 amide bonds. The fraction of sp³-hybridized carbons (Fsp3) is 0.129. The number of anilines is 2. The second-order valence-electron chi connectivity index (χ2n) is 9.16. The number of fused-ring (bicyclic) bond motifs is 1. The molecule has 0 aliphatic heterocycles. The standard InChI is InChI=1S/C31H26ClN3O2S/c1-20-16-21(2)18-23(17-20)35(31-34-26-14-8-9-15-28(26)38-31)29(36)19-27(22-10-4-3-5-11-22)33-30(37)24-12-6-7-13-25(24)32/h3-18,27H,19H2,1-2H3,(H,33,37)/t27-/m1/s1. The van der Waals surface area contributed by atoms with Crippen LogP contribution in [0.2, 0.25) is 5.02 Å². The zero-order chi connectivity index (χ0) is 26.6. The summed E-state index contributed by atoms with van der Waals surface area (Å²) in [6.07, 6.45) is 0.0309. The maximum atomic E-state index is 14.1. The summed E-state index contributed by atoms with van der Waals surface area (Å²) in [4.78, 5) is 33.8. The smallest absolute Gasteiger partial charge is 0.253 e. The molecule has 1 N–H and O–H groups in total. The van der Waals surface area contributed by atoms with Crippen LogP contribution in [-0.2, 0) is 4.79 Å². The van der Waals surface area contributed by atoms with Gasteiger partial charge in [-0.15, -0.1) is 0 Å². The van der Waals surface area contributed by atoms with Gasteiger partial charge in [-0.1, -0.05) is 83.6 Å². The minimum atomic E-state index is -0.574. The monoisotopic (exact) mass is 539 g/mol. The van der Waals surface area contributed by atoms with E-state index in [2.05, 4.69) is 11.4 Å². The maximum absolute atomic E-state index is 14.1. The van der Waals surface area contributed by atoms with Crippen LogP contribution in [0.1, 0.15) is 39.5 Å². The summed E-state index contributed by atoms with van der Waals surface area (Å²) in [5, 5.41) is 3.98. The number of nitrogens with one attached hydrogen (secondary N) is 1. The Morgan fingerprint density at radius 3 is 2.26 bits per heavy atom. The van der Waals surface area contributed by atoms with Crippen LogP contribution in [0.3, 0.4) is 0 Å². The second kappa shape index (κ2) is 11.2. The minimum absolute atomic E-state index is 0.0309. The van der Waals surface area contributed by atoms with Gasteiger partial charge in [0.1, 0.15) is 0 Å². The molecule has 0 saturated heterocycles. The molecule has 1 atom stereocenters. The van der Waals surface area contributed by atoms with Crippen molar-refractivity contribution in [1.82, 2.24) is 10.3 Å². The first kappa shape index (κ1) is 25.6. The van der Waals surface area contributed by atoms with Gasteiger partial charge in [-0.25, -0.2) is 4.98 Å². The lowest BCUT2D eigenvalue weighted by Gasteiger charge is -2.25. The Bertz CT molecular complexity index is 1560. The number of thiazole rings is 1. The van der Waals surface area contributed by atoms with Crippen molar-refractivity contribution in [2.45, 2.75) is 26.3 Å². The van der Waals surface area contributed by atoms with Gasteiger partial charge in [-0.05, 0) is 66.9 Å². The van der Waals surface area contributed by atoms with Crippen molar-refractivity contribution in [3.63, 3.8) is 0 Å². The number of aromatic nitrogens is 1. The molecule has 38 heavy (non-hydrogen) atoms. The van der Waals surface area contributed by atoms with Crippen LogP contribution in [0, 0.1) is 13.8 Å². The molecule has 0 spiro atoms. The van der Waals surface area contributed by atoms with E-state index >= 15 is 0 Å². The van der Waals surface area contributed by atoms with E-state index in [4.69, 9.17) is 16.6 Å². The van der Waals surface area contributed by atoms with Crippen LogP contribution >= 0.6 is 22.9 Å². The fourth-order valence-corrected chi connectivity index (χ4v) is 5.71. The number of nitrogens with zero attached hydrogens (tertiary/aromatic N) is 2. The summed E-state index contributed by atoms with van der Waals surface area (Å²) in [6, 6.07) is 29.7. The lowest BCUT2D eigenvalue weighted by Crippen LogP contribution is -2.34. The predicted molar refractivity (Wildman–Crippen MR) is 155 cm³/mol. The Morgan fingerprint density at radius 2 is 1.55 bits per heavy atom. The maximum Gasteiger partial charge on any atom is 0.253 e. The quantitative estimate of drug-likeness (QED) is 0.229. The molecule has 5 rings (SSSR count). The summed E-state index contributed by atoms with van der Waals surface area (Å²) in [7, 11) is 0. The van der Waals surface area contributed by atoms with Gasteiger partial charge in [-0.3, -0.25) is 14.5 Å². The Morgan fingerprint density at radius 1 is 0.895 bits per heavy atom. The van der Waals surface area contributed by atoms with Crippen molar-refractivity contribution >= 4 is 55.8 Å². The zero-order valence-corrected chi connectivity index (χ0v) is 22.6.